The van der Waals surface area contributed by atoms with Crippen LogP contribution in [0.15, 0.2) is 40.6 Å². The monoisotopic (exact) mass is 372 g/mol. The number of ether oxygens (including phenoxy) is 2. The van der Waals surface area contributed by atoms with E-state index in [1.165, 1.54) is 17.7 Å². The number of thioether (sulfide) groups is 1. The molecule has 3 aliphatic rings. The van der Waals surface area contributed by atoms with Gasteiger partial charge in [-0.25, -0.2) is 0 Å². The minimum Gasteiger partial charge on any atom is -0.493 e. The summed E-state index contributed by atoms with van der Waals surface area (Å²) in [6.45, 7) is 2.96. The number of carbonyl (C=O) groups is 1. The number of carbonyl (C=O) groups excluding carboxylic acids is 1. The molecule has 0 aromatic heterocycles. The number of hydrogen-bond donors (Lipinski definition) is 2. The van der Waals surface area contributed by atoms with Gasteiger partial charge in [-0.1, -0.05) is 6.92 Å². The first-order valence-electron chi connectivity index (χ1n) is 9.16. The van der Waals surface area contributed by atoms with Crippen LogP contribution in [0, 0.1) is 5.92 Å². The van der Waals surface area contributed by atoms with Crippen molar-refractivity contribution in [3.63, 3.8) is 0 Å². The maximum atomic E-state index is 11.8. The van der Waals surface area contributed by atoms with Gasteiger partial charge in [0.1, 0.15) is 11.5 Å². The lowest BCUT2D eigenvalue weighted by atomic mass is 10.0. The summed E-state index contributed by atoms with van der Waals surface area (Å²) in [5.41, 5.74) is 2.81. The van der Waals surface area contributed by atoms with Crippen molar-refractivity contribution >= 4 is 23.2 Å². The van der Waals surface area contributed by atoms with Crippen LogP contribution in [-0.4, -0.2) is 38.0 Å². The highest BCUT2D eigenvalue weighted by Crippen LogP contribution is 2.41. The predicted octanol–water partition coefficient (Wildman–Crippen LogP) is 2.93. The Morgan fingerprint density at radius 1 is 1.38 bits per heavy atom. The molecule has 0 spiro atoms. The second kappa shape index (κ2) is 7.37. The van der Waals surface area contributed by atoms with Crippen molar-refractivity contribution < 1.29 is 14.3 Å². The van der Waals surface area contributed by atoms with Gasteiger partial charge in [0.15, 0.2) is 6.61 Å². The van der Waals surface area contributed by atoms with Crippen LogP contribution < -0.4 is 15.4 Å². The zero-order valence-corrected chi connectivity index (χ0v) is 15.9. The smallest absolute Gasteiger partial charge is 0.262 e. The third kappa shape index (κ3) is 3.48. The Balaban J connectivity index is 1.71. The first-order chi connectivity index (χ1) is 12.7. The lowest BCUT2D eigenvalue weighted by molar-refractivity contribution is -0.124. The second-order valence-corrected chi connectivity index (χ2v) is 8.11. The zero-order chi connectivity index (χ0) is 18.1. The van der Waals surface area contributed by atoms with E-state index in [-0.39, 0.29) is 18.6 Å². The molecule has 1 atom stereocenters. The first-order valence-corrected chi connectivity index (χ1v) is 10.1. The molecule has 138 valence electrons. The van der Waals surface area contributed by atoms with Gasteiger partial charge in [0, 0.05) is 16.0 Å². The highest BCUT2D eigenvalue weighted by Gasteiger charge is 2.34. The molecule has 1 fully saturated rings. The van der Waals surface area contributed by atoms with Crippen LogP contribution in [0.5, 0.6) is 5.75 Å². The molecule has 1 unspecified atom stereocenters. The lowest BCUT2D eigenvalue weighted by Crippen LogP contribution is -2.39. The number of likely N-dealkylation sites (N-methyl/N-ethyl adjacent to an activating group) is 1. The SMILES string of the molecule is CCSc1ccc(OCC2CC2)c(C2=CC(NC)C3=C2OCC(=O)N3)c1. The molecular formula is C20H24N2O3S. The van der Waals surface area contributed by atoms with Crippen LogP contribution in [0.2, 0.25) is 0 Å². The third-order valence-corrected chi connectivity index (χ3v) is 5.67. The van der Waals surface area contributed by atoms with E-state index >= 15 is 0 Å². The molecule has 1 heterocycles. The normalized spacial score (nSPS) is 21.8. The van der Waals surface area contributed by atoms with E-state index < -0.39 is 0 Å². The molecule has 0 radical (unpaired) electrons. The van der Waals surface area contributed by atoms with E-state index in [1.54, 1.807) is 11.8 Å². The molecule has 0 saturated heterocycles. The summed E-state index contributed by atoms with van der Waals surface area (Å²) in [7, 11) is 1.88. The molecule has 1 saturated carbocycles. The largest absolute Gasteiger partial charge is 0.493 e. The minimum absolute atomic E-state index is 0.0499. The quantitative estimate of drug-likeness (QED) is 0.721. The van der Waals surface area contributed by atoms with E-state index in [4.69, 9.17) is 9.47 Å². The zero-order valence-electron chi connectivity index (χ0n) is 15.1. The van der Waals surface area contributed by atoms with Gasteiger partial charge in [0.2, 0.25) is 0 Å². The minimum atomic E-state index is -0.112. The summed E-state index contributed by atoms with van der Waals surface area (Å²) in [4.78, 5) is 13.0. The molecule has 2 N–H and O–H groups in total. The Morgan fingerprint density at radius 3 is 2.96 bits per heavy atom. The highest BCUT2D eigenvalue weighted by molar-refractivity contribution is 7.99. The fourth-order valence-corrected chi connectivity index (χ4v) is 3.96. The van der Waals surface area contributed by atoms with Crippen LogP contribution in [0.3, 0.4) is 0 Å². The van der Waals surface area contributed by atoms with Gasteiger partial charge in [-0.3, -0.25) is 4.79 Å². The van der Waals surface area contributed by atoms with E-state index in [9.17, 15) is 4.79 Å². The van der Waals surface area contributed by atoms with Gasteiger partial charge >= 0.3 is 0 Å². The molecule has 2 aliphatic carbocycles. The van der Waals surface area contributed by atoms with Crippen molar-refractivity contribution in [2.45, 2.75) is 30.7 Å². The van der Waals surface area contributed by atoms with Gasteiger partial charge in [-0.2, -0.15) is 0 Å². The van der Waals surface area contributed by atoms with E-state index in [2.05, 4.69) is 41.8 Å². The number of rotatable bonds is 7. The van der Waals surface area contributed by atoms with Gasteiger partial charge in [0.25, 0.3) is 5.91 Å². The van der Waals surface area contributed by atoms with Crippen molar-refractivity contribution in [1.29, 1.82) is 0 Å². The first kappa shape index (κ1) is 17.5. The van der Waals surface area contributed by atoms with Crippen molar-refractivity contribution in [3.8, 4) is 5.75 Å². The molecule has 1 amide bonds. The van der Waals surface area contributed by atoms with Gasteiger partial charge in [-0.15, -0.1) is 11.8 Å². The Morgan fingerprint density at radius 2 is 2.23 bits per heavy atom. The number of benzene rings is 1. The third-order valence-electron chi connectivity index (χ3n) is 4.79. The van der Waals surface area contributed by atoms with E-state index in [1.807, 2.05) is 7.05 Å². The summed E-state index contributed by atoms with van der Waals surface area (Å²) in [5, 5.41) is 6.18. The molecule has 26 heavy (non-hydrogen) atoms. The summed E-state index contributed by atoms with van der Waals surface area (Å²) < 4.78 is 11.9. The fraction of sp³-hybridized carbons (Fsp3) is 0.450. The second-order valence-electron chi connectivity index (χ2n) is 6.77. The molecular weight excluding hydrogens is 348 g/mol. The summed E-state index contributed by atoms with van der Waals surface area (Å²) in [5.74, 6) is 3.22. The van der Waals surface area contributed by atoms with Crippen LogP contribution in [0.1, 0.15) is 25.3 Å². The molecule has 1 aromatic carbocycles. The van der Waals surface area contributed by atoms with Crippen LogP contribution in [0.25, 0.3) is 5.57 Å². The summed E-state index contributed by atoms with van der Waals surface area (Å²) in [6.07, 6.45) is 4.62. The van der Waals surface area contributed by atoms with Crippen molar-refractivity contribution in [2.24, 2.45) is 5.92 Å². The number of nitrogens with one attached hydrogen (secondary N) is 2. The number of hydrogen-bond acceptors (Lipinski definition) is 5. The number of amides is 1. The van der Waals surface area contributed by atoms with Crippen molar-refractivity contribution in [3.05, 3.63) is 41.3 Å². The van der Waals surface area contributed by atoms with Gasteiger partial charge in [-0.05, 0) is 55.8 Å². The Labute approximate surface area is 158 Å². The van der Waals surface area contributed by atoms with E-state index in [0.29, 0.717) is 5.92 Å². The van der Waals surface area contributed by atoms with Crippen molar-refractivity contribution in [1.82, 2.24) is 10.6 Å². The molecule has 6 heteroatoms. The lowest BCUT2D eigenvalue weighted by Gasteiger charge is -2.22. The molecule has 5 nitrogen and oxygen atoms in total. The van der Waals surface area contributed by atoms with E-state index in [0.717, 1.165) is 40.7 Å². The summed E-state index contributed by atoms with van der Waals surface area (Å²) >= 11 is 1.80. The fourth-order valence-electron chi connectivity index (χ4n) is 3.26. The average Bonchev–Trinajstić information content (AvgIpc) is 3.40. The van der Waals surface area contributed by atoms with Gasteiger partial charge < -0.3 is 20.1 Å². The maximum Gasteiger partial charge on any atom is 0.262 e. The number of allylic oxidation sites excluding steroid dienone is 1. The highest BCUT2D eigenvalue weighted by atomic mass is 32.2. The van der Waals surface area contributed by atoms with Crippen LogP contribution in [0.4, 0.5) is 0 Å². The molecule has 1 aliphatic heterocycles. The predicted molar refractivity (Wildman–Crippen MR) is 103 cm³/mol. The van der Waals surface area contributed by atoms with Gasteiger partial charge in [0.05, 0.1) is 18.3 Å². The average molecular weight is 372 g/mol. The Bertz CT molecular complexity index is 783. The van der Waals surface area contributed by atoms with Crippen molar-refractivity contribution in [2.75, 3.05) is 26.0 Å². The summed E-state index contributed by atoms with van der Waals surface area (Å²) in [6, 6.07) is 6.28. The topological polar surface area (TPSA) is 59.6 Å². The maximum absolute atomic E-state index is 11.8. The Kier molecular flexibility index (Phi) is 4.96. The molecule has 4 rings (SSSR count). The Hall–Kier alpha value is -1.92. The standard InChI is InChI=1S/C20H24N2O3S/c1-3-26-13-6-7-17(24-10-12-4-5-12)14(8-13)15-9-16(21-2)19-20(15)25-11-18(23)22-19/h6-9,12,16,21H,3-5,10-11H2,1-2H3,(H,22,23). The van der Waals surface area contributed by atoms with Crippen LogP contribution in [-0.2, 0) is 9.53 Å². The molecule has 1 aromatic rings. The van der Waals surface area contributed by atoms with Crippen LogP contribution >= 0.6 is 11.8 Å². The molecule has 0 bridgehead atoms.